The van der Waals surface area contributed by atoms with Gasteiger partial charge in [0.15, 0.2) is 23.3 Å². The summed E-state index contributed by atoms with van der Waals surface area (Å²) >= 11 is 2.15. The maximum Gasteiger partial charge on any atom is 1.00 e. The first-order valence-electron chi connectivity index (χ1n) is 14.7. The molecule has 8 saturated carbocycles. The van der Waals surface area contributed by atoms with Crippen molar-refractivity contribution in [2.45, 2.75) is 87.1 Å². The Labute approximate surface area is 293 Å². The first kappa shape index (κ1) is 37.8. The average molecular weight is 758 g/mol. The zero-order chi connectivity index (χ0) is 33.4. The number of hydrogen-bond acceptors (Lipinski definition) is 9. The van der Waals surface area contributed by atoms with E-state index in [0.717, 1.165) is 12.8 Å². The van der Waals surface area contributed by atoms with Gasteiger partial charge in [-0.2, -0.15) is 17.6 Å². The first-order chi connectivity index (χ1) is 20.5. The largest absolute Gasteiger partial charge is 1.00 e. The summed E-state index contributed by atoms with van der Waals surface area (Å²) in [6, 6.07) is 0. The molecule has 0 radical (unpaired) electrons. The Morgan fingerprint density at radius 2 is 1.00 bits per heavy atom. The van der Waals surface area contributed by atoms with Crippen LogP contribution in [0.5, 0.6) is 0 Å². The van der Waals surface area contributed by atoms with Gasteiger partial charge in [-0.1, -0.05) is 0 Å². The molecule has 0 aromatic carbocycles. The molecular weight excluding hydrogens is 723 g/mol. The summed E-state index contributed by atoms with van der Waals surface area (Å²) in [7, 11) is -5.93. The summed E-state index contributed by atoms with van der Waals surface area (Å²) < 4.78 is 92.7. The molecule has 46 heavy (non-hydrogen) atoms. The first-order valence-corrected chi connectivity index (χ1v) is 16.9. The maximum atomic E-state index is 13.2. The number of ether oxygens (including phenoxy) is 2. The number of hydrogen-bond donors (Lipinski definition) is 2. The minimum Gasteiger partial charge on any atom is -0.743 e. The van der Waals surface area contributed by atoms with Crippen molar-refractivity contribution in [1.82, 2.24) is 0 Å². The van der Waals surface area contributed by atoms with E-state index in [-0.39, 0.29) is 66.1 Å². The van der Waals surface area contributed by atoms with E-state index in [0.29, 0.717) is 51.4 Å². The number of carbonyl (C=O) groups excluding carboxylic acids is 2. The van der Waals surface area contributed by atoms with E-state index in [1.807, 2.05) is 0 Å². The van der Waals surface area contributed by atoms with Crippen LogP contribution in [-0.2, 0) is 38.8 Å². The molecule has 0 heterocycles. The molecule has 11 nitrogen and oxygen atoms in total. The van der Waals surface area contributed by atoms with Crippen LogP contribution in [0.15, 0.2) is 0 Å². The van der Waals surface area contributed by atoms with Crippen molar-refractivity contribution in [2.24, 2.45) is 45.3 Å². The van der Waals surface area contributed by atoms with Crippen LogP contribution in [0.3, 0.4) is 0 Å². The van der Waals surface area contributed by atoms with Crippen molar-refractivity contribution in [2.75, 3.05) is 13.2 Å². The number of esters is 2. The molecule has 8 bridgehead atoms. The Hall–Kier alpha value is -1.01. The molecule has 8 rings (SSSR count). The fraction of sp³-hybridized carbons (Fsp3) is 0.857. The van der Waals surface area contributed by atoms with Crippen LogP contribution in [0.2, 0.25) is 0 Å². The second kappa shape index (κ2) is 12.4. The van der Waals surface area contributed by atoms with Gasteiger partial charge in [0.1, 0.15) is 0 Å². The number of halogens is 5. The molecule has 2 N–H and O–H groups in total. The Balaban J connectivity index is 0.000000206. The van der Waals surface area contributed by atoms with Crippen LogP contribution in [0.1, 0.15) is 77.0 Å². The fourth-order valence-electron chi connectivity index (χ4n) is 10.2. The molecule has 0 aromatic heterocycles. The molecule has 254 valence electrons. The number of carboxylic acids is 2. The zero-order valence-electron chi connectivity index (χ0n) is 25.1. The van der Waals surface area contributed by atoms with Gasteiger partial charge < -0.3 is 24.2 Å². The minimum absolute atomic E-state index is 0. The van der Waals surface area contributed by atoms with Gasteiger partial charge in [-0.3, -0.25) is 19.2 Å². The normalized spacial score (nSPS) is 38.7. The summed E-state index contributed by atoms with van der Waals surface area (Å²) in [5.41, 5.74) is -3.96. The Morgan fingerprint density at radius 1 is 0.696 bits per heavy atom. The van der Waals surface area contributed by atoms with E-state index in [1.165, 1.54) is 0 Å². The van der Waals surface area contributed by atoms with Gasteiger partial charge in [-0.15, -0.1) is 0 Å². The molecule has 0 amide bonds. The molecule has 0 aromatic rings. The number of carbonyl (C=O) groups is 4. The summed E-state index contributed by atoms with van der Waals surface area (Å²) in [6.45, 7) is -2.85. The van der Waals surface area contributed by atoms with Crippen molar-refractivity contribution < 1.29 is 99.0 Å². The van der Waals surface area contributed by atoms with Crippen molar-refractivity contribution in [1.29, 1.82) is 0 Å². The van der Waals surface area contributed by atoms with E-state index in [2.05, 4.69) is 20.7 Å². The third-order valence-electron chi connectivity index (χ3n) is 11.0. The van der Waals surface area contributed by atoms with Crippen LogP contribution in [-0.4, -0.2) is 70.4 Å². The van der Waals surface area contributed by atoms with Gasteiger partial charge in [0.25, 0.3) is 0 Å². The number of rotatable bonds is 9. The van der Waals surface area contributed by atoms with Crippen molar-refractivity contribution in [3.63, 3.8) is 0 Å². The van der Waals surface area contributed by atoms with E-state index in [9.17, 15) is 59.9 Å². The topological polar surface area (TPSA) is 184 Å². The van der Waals surface area contributed by atoms with E-state index in [4.69, 9.17) is 4.74 Å². The monoisotopic (exact) mass is 756 g/mol. The van der Waals surface area contributed by atoms with Crippen molar-refractivity contribution in [3.8, 4) is 0 Å². The zero-order valence-corrected chi connectivity index (χ0v) is 29.5. The third kappa shape index (κ3) is 7.01. The van der Waals surface area contributed by atoms with Crippen LogP contribution in [0, 0.1) is 45.3 Å². The maximum absolute atomic E-state index is 13.2. The van der Waals surface area contributed by atoms with E-state index in [1.54, 1.807) is 0 Å². The summed E-state index contributed by atoms with van der Waals surface area (Å²) in [5.74, 6) is -3.12. The second-order valence-corrected chi connectivity index (χ2v) is 17.2. The number of aliphatic carboxylic acids is 2. The molecule has 4 atom stereocenters. The van der Waals surface area contributed by atoms with Crippen LogP contribution >= 0.6 is 15.9 Å². The molecule has 0 spiro atoms. The van der Waals surface area contributed by atoms with Crippen LogP contribution in [0.4, 0.5) is 17.6 Å². The number of carboxylic acid groups (broad SMARTS) is 2. The smallest absolute Gasteiger partial charge is 0.743 e. The van der Waals surface area contributed by atoms with Gasteiger partial charge in [0.2, 0.25) is 0 Å². The molecule has 4 unspecified atom stereocenters. The molecule has 8 fully saturated rings. The SMILES string of the molecule is O=C(O)C12CC3CC(C1)CC(C(=O)OCC(F)(F)Br)(C3)C2.O=C(O)C12CC3CC(C1)CC(C(=O)OCC(F)(F)S(=O)(=O)[O-])(C3)C2.[Na+]. The Morgan fingerprint density at radius 3 is 1.28 bits per heavy atom. The predicted octanol–water partition coefficient (Wildman–Crippen LogP) is 1.53. The molecule has 18 heteroatoms. The van der Waals surface area contributed by atoms with Crippen LogP contribution in [0.25, 0.3) is 0 Å². The van der Waals surface area contributed by atoms with Gasteiger partial charge in [0.05, 0.1) is 21.7 Å². The average Bonchev–Trinajstić information content (AvgIpc) is 2.88. The standard InChI is InChI=1S/C14H17BrF2O4.C14H18F2O7S.Na/c15-14(16,17)7-21-11(20)13-4-8-1-9(5-13)3-12(2-8,6-13)10(18)19;15-14(16,24(20,21)22)7-23-11(19)13-4-8-1-9(5-13)3-12(2-8,6-13)10(17)18;/h8-9H,1-7H2,(H,18,19);8-9H,1-7H2,(H,17,18)(H,20,21,22);/q;;+1/p-1. The Bertz CT molecular complexity index is 1360. The number of alkyl halides is 5. The third-order valence-corrected chi connectivity index (χ3v) is 12.1. The van der Waals surface area contributed by atoms with Gasteiger partial charge in [-0.25, -0.2) is 8.42 Å². The molecular formula is C28H34BrF4NaO11S. The second-order valence-electron chi connectivity index (χ2n) is 14.5. The van der Waals surface area contributed by atoms with Gasteiger partial charge in [-0.05, 0) is 117 Å². The van der Waals surface area contributed by atoms with E-state index < -0.39 is 79.0 Å². The summed E-state index contributed by atoms with van der Waals surface area (Å²) in [5, 5.41) is 14.4. The quantitative estimate of drug-likeness (QED) is 0.114. The van der Waals surface area contributed by atoms with E-state index >= 15 is 0 Å². The molecule has 0 saturated heterocycles. The predicted molar refractivity (Wildman–Crippen MR) is 145 cm³/mol. The Kier molecular flexibility index (Phi) is 10.2. The fourth-order valence-corrected chi connectivity index (χ4v) is 10.5. The summed E-state index contributed by atoms with van der Waals surface area (Å²) in [4.78, 5) is 44.8. The van der Waals surface area contributed by atoms with Gasteiger partial charge >= 0.3 is 63.5 Å². The molecule has 8 aliphatic carbocycles. The van der Waals surface area contributed by atoms with Crippen LogP contribution < -0.4 is 29.6 Å². The summed E-state index contributed by atoms with van der Waals surface area (Å²) in [6.07, 6.45) is 5.96. The molecule has 0 aliphatic heterocycles. The molecule has 8 aliphatic rings. The van der Waals surface area contributed by atoms with Crippen molar-refractivity contribution in [3.05, 3.63) is 0 Å². The van der Waals surface area contributed by atoms with Crippen molar-refractivity contribution >= 4 is 49.9 Å². The minimum atomic E-state index is -5.93. The van der Waals surface area contributed by atoms with Gasteiger partial charge in [0, 0.05) is 0 Å².